The highest BCUT2D eigenvalue weighted by Gasteiger charge is 2.79. The van der Waals surface area contributed by atoms with Crippen LogP contribution in [0, 0.1) is 22.7 Å². The number of aliphatic carboxylic acids is 1. The number of aliphatic hydroxyl groups is 1. The Balaban J connectivity index is 2.36. The lowest BCUT2D eigenvalue weighted by Gasteiger charge is -2.29. The number of hydrogen-bond acceptors (Lipinski definition) is 2. The van der Waals surface area contributed by atoms with E-state index < -0.39 is 17.0 Å². The first-order chi connectivity index (χ1) is 11.1. The molecule has 2 rings (SSSR count). The predicted octanol–water partition coefficient (Wildman–Crippen LogP) is 4.73. The zero-order chi connectivity index (χ0) is 18.3. The third kappa shape index (κ3) is 2.57. The zero-order valence-corrected chi connectivity index (χ0v) is 15.7. The van der Waals surface area contributed by atoms with Crippen LogP contribution in [0.5, 0.6) is 0 Å². The van der Waals surface area contributed by atoms with Gasteiger partial charge in [-0.25, -0.2) is 0 Å². The number of rotatable bonds is 6. The highest BCUT2D eigenvalue weighted by molar-refractivity contribution is 5.83. The third-order valence-corrected chi connectivity index (χ3v) is 6.38. The Labute approximate surface area is 146 Å². The second-order valence-electron chi connectivity index (χ2n) is 8.35. The third-order valence-electron chi connectivity index (χ3n) is 6.38. The maximum atomic E-state index is 12.3. The van der Waals surface area contributed by atoms with Gasteiger partial charge in [0.2, 0.25) is 0 Å². The predicted molar refractivity (Wildman–Crippen MR) is 97.6 cm³/mol. The molecule has 0 radical (unpaired) electrons. The molecule has 2 fully saturated rings. The highest BCUT2D eigenvalue weighted by Crippen LogP contribution is 2.76. The van der Waals surface area contributed by atoms with Crippen molar-refractivity contribution in [2.75, 3.05) is 0 Å². The summed E-state index contributed by atoms with van der Waals surface area (Å²) in [7, 11) is 0. The largest absolute Gasteiger partial charge is 0.481 e. The van der Waals surface area contributed by atoms with Crippen molar-refractivity contribution >= 4 is 5.97 Å². The maximum absolute atomic E-state index is 12.3. The second kappa shape index (κ2) is 6.18. The van der Waals surface area contributed by atoms with Crippen LogP contribution in [0.3, 0.4) is 0 Å². The van der Waals surface area contributed by atoms with E-state index >= 15 is 0 Å². The molecule has 0 aromatic carbocycles. The van der Waals surface area contributed by atoms with E-state index in [0.717, 1.165) is 12.0 Å². The van der Waals surface area contributed by atoms with E-state index in [4.69, 9.17) is 0 Å². The summed E-state index contributed by atoms with van der Waals surface area (Å²) in [5.74, 6) is -0.942. The standard InChI is InChI=1S/C21H32O3/c1-7-8-9-11-20(24)12-10-16(15(20)4)21(18(22)23)17(13-14(2)3)19(21,5)6/h8-9,13,16-17,24H,4,7,10-12H2,1-3,5-6H3,(H,22,23)/b9-8-/t16-,17-,20-,21-/m1/s1. The molecular weight excluding hydrogens is 300 g/mol. The van der Waals surface area contributed by atoms with E-state index in [1.807, 2.05) is 39.8 Å². The van der Waals surface area contributed by atoms with Crippen LogP contribution in [-0.4, -0.2) is 21.8 Å². The van der Waals surface area contributed by atoms with Crippen molar-refractivity contribution in [2.45, 2.75) is 65.9 Å². The number of hydrogen-bond donors (Lipinski definition) is 2. The van der Waals surface area contributed by atoms with Crippen LogP contribution in [0.1, 0.15) is 60.3 Å². The number of carboxylic acids is 1. The molecule has 2 aliphatic carbocycles. The Morgan fingerprint density at radius 1 is 1.33 bits per heavy atom. The minimum Gasteiger partial charge on any atom is -0.481 e. The van der Waals surface area contributed by atoms with Crippen molar-refractivity contribution in [3.05, 3.63) is 36.0 Å². The van der Waals surface area contributed by atoms with Gasteiger partial charge in [-0.15, -0.1) is 0 Å². The first kappa shape index (κ1) is 19.0. The van der Waals surface area contributed by atoms with Crippen LogP contribution < -0.4 is 0 Å². The van der Waals surface area contributed by atoms with Gasteiger partial charge in [-0.2, -0.15) is 0 Å². The molecule has 0 unspecified atom stereocenters. The molecule has 0 amide bonds. The molecule has 0 saturated heterocycles. The first-order valence-corrected chi connectivity index (χ1v) is 9.00. The lowest BCUT2D eigenvalue weighted by atomic mass is 9.77. The van der Waals surface area contributed by atoms with Crippen molar-refractivity contribution in [1.29, 1.82) is 0 Å². The van der Waals surface area contributed by atoms with Gasteiger partial charge in [0.25, 0.3) is 0 Å². The topological polar surface area (TPSA) is 57.5 Å². The molecule has 0 bridgehead atoms. The normalized spacial score (nSPS) is 37.7. The summed E-state index contributed by atoms with van der Waals surface area (Å²) in [6.07, 6.45) is 8.87. The van der Waals surface area contributed by atoms with Gasteiger partial charge in [0.15, 0.2) is 0 Å². The Hall–Kier alpha value is -1.35. The Morgan fingerprint density at radius 2 is 1.96 bits per heavy atom. The molecule has 3 heteroatoms. The summed E-state index contributed by atoms with van der Waals surface area (Å²) in [6.45, 7) is 14.3. The highest BCUT2D eigenvalue weighted by atomic mass is 16.4. The minimum atomic E-state index is -0.965. The molecule has 2 aliphatic rings. The molecule has 2 saturated carbocycles. The van der Waals surface area contributed by atoms with E-state index in [0.29, 0.717) is 24.8 Å². The molecule has 0 spiro atoms. The van der Waals surface area contributed by atoms with E-state index in [1.54, 1.807) is 0 Å². The fourth-order valence-corrected chi connectivity index (χ4v) is 4.96. The Bertz CT molecular complexity index is 594. The molecule has 2 N–H and O–H groups in total. The second-order valence-corrected chi connectivity index (χ2v) is 8.35. The lowest BCUT2D eigenvalue weighted by molar-refractivity contribution is -0.147. The summed E-state index contributed by atoms with van der Waals surface area (Å²) in [5, 5.41) is 21.1. The van der Waals surface area contributed by atoms with E-state index in [9.17, 15) is 15.0 Å². The van der Waals surface area contributed by atoms with E-state index in [1.165, 1.54) is 0 Å². The lowest BCUT2D eigenvalue weighted by Crippen LogP contribution is -2.34. The van der Waals surface area contributed by atoms with Gasteiger partial charge in [-0.05, 0) is 56.4 Å². The van der Waals surface area contributed by atoms with Crippen LogP contribution >= 0.6 is 0 Å². The van der Waals surface area contributed by atoms with Gasteiger partial charge < -0.3 is 10.2 Å². The van der Waals surface area contributed by atoms with Gasteiger partial charge in [0.05, 0.1) is 11.0 Å². The van der Waals surface area contributed by atoms with Crippen LogP contribution in [0.15, 0.2) is 36.0 Å². The van der Waals surface area contributed by atoms with Crippen molar-refractivity contribution < 1.29 is 15.0 Å². The average Bonchev–Trinajstić information content (AvgIpc) is 2.79. The first-order valence-electron chi connectivity index (χ1n) is 9.00. The van der Waals surface area contributed by atoms with E-state index in [2.05, 4.69) is 19.6 Å². The van der Waals surface area contributed by atoms with Gasteiger partial charge in [0.1, 0.15) is 0 Å². The van der Waals surface area contributed by atoms with Crippen molar-refractivity contribution in [3.63, 3.8) is 0 Å². The molecule has 134 valence electrons. The van der Waals surface area contributed by atoms with Gasteiger partial charge in [-0.3, -0.25) is 4.79 Å². The number of carbonyl (C=O) groups is 1. The van der Waals surface area contributed by atoms with Crippen LogP contribution in [0.25, 0.3) is 0 Å². The van der Waals surface area contributed by atoms with Gasteiger partial charge in [-0.1, -0.05) is 51.2 Å². The van der Waals surface area contributed by atoms with Crippen molar-refractivity contribution in [3.8, 4) is 0 Å². The molecule has 4 atom stereocenters. The monoisotopic (exact) mass is 332 g/mol. The fraction of sp³-hybridized carbons (Fsp3) is 0.667. The molecule has 3 nitrogen and oxygen atoms in total. The summed E-state index contributed by atoms with van der Waals surface area (Å²) in [4.78, 5) is 12.3. The van der Waals surface area contributed by atoms with Crippen LogP contribution in [0.4, 0.5) is 0 Å². The number of allylic oxidation sites excluding steroid dienone is 3. The minimum absolute atomic E-state index is 0.0113. The quantitative estimate of drug-likeness (QED) is 0.691. The van der Waals surface area contributed by atoms with Crippen molar-refractivity contribution in [2.24, 2.45) is 22.7 Å². The van der Waals surface area contributed by atoms with Crippen LogP contribution in [0.2, 0.25) is 0 Å². The average molecular weight is 332 g/mol. The van der Waals surface area contributed by atoms with Gasteiger partial charge in [0, 0.05) is 5.92 Å². The molecule has 0 aromatic heterocycles. The Kier molecular flexibility index (Phi) is 4.89. The summed E-state index contributed by atoms with van der Waals surface area (Å²) >= 11 is 0. The van der Waals surface area contributed by atoms with E-state index in [-0.39, 0.29) is 17.3 Å². The molecule has 24 heavy (non-hydrogen) atoms. The molecule has 0 aromatic rings. The summed E-state index contributed by atoms with van der Waals surface area (Å²) in [5.41, 5.74) is -0.286. The SMILES string of the molecule is C=C1[C@H]([C@]2(C(=O)O)[C@H](C=C(C)C)C2(C)C)CC[C@]1(O)C/C=C\CC. The van der Waals surface area contributed by atoms with Crippen molar-refractivity contribution in [1.82, 2.24) is 0 Å². The molecule has 0 heterocycles. The molecular formula is C21H32O3. The summed E-state index contributed by atoms with van der Waals surface area (Å²) < 4.78 is 0. The smallest absolute Gasteiger partial charge is 0.311 e. The van der Waals surface area contributed by atoms with Crippen LogP contribution in [-0.2, 0) is 4.79 Å². The van der Waals surface area contributed by atoms with Gasteiger partial charge >= 0.3 is 5.97 Å². The Morgan fingerprint density at radius 3 is 2.46 bits per heavy atom. The summed E-state index contributed by atoms with van der Waals surface area (Å²) in [6, 6.07) is 0. The number of carboxylic acid groups (broad SMARTS) is 1. The maximum Gasteiger partial charge on any atom is 0.311 e. The molecule has 0 aliphatic heterocycles. The fourth-order valence-electron chi connectivity index (χ4n) is 4.96. The zero-order valence-electron chi connectivity index (χ0n) is 15.7.